The number of nitrogens with zero attached hydrogens (tertiary/aromatic N) is 2. The normalized spacial score (nSPS) is 11.9. The zero-order valence-corrected chi connectivity index (χ0v) is 10.4. The molecule has 1 aromatic rings. The van der Waals surface area contributed by atoms with Crippen LogP contribution in [0.5, 0.6) is 0 Å². The van der Waals surface area contributed by atoms with Gasteiger partial charge in [0.1, 0.15) is 0 Å². The van der Waals surface area contributed by atoms with Crippen molar-refractivity contribution in [2.45, 2.75) is 19.9 Å². The summed E-state index contributed by atoms with van der Waals surface area (Å²) in [7, 11) is 1.99. The topological polar surface area (TPSA) is 61.8 Å². The molecule has 0 spiro atoms. The summed E-state index contributed by atoms with van der Waals surface area (Å²) < 4.78 is 0. The zero-order chi connectivity index (χ0) is 12.3. The lowest BCUT2D eigenvalue weighted by Gasteiger charge is -2.24. The van der Waals surface area contributed by atoms with Crippen LogP contribution >= 0.6 is 11.6 Å². The lowest BCUT2D eigenvalue weighted by atomic mass is 10.1. The third-order valence-corrected chi connectivity index (χ3v) is 2.83. The Morgan fingerprint density at radius 3 is 2.56 bits per heavy atom. The Hall–Kier alpha value is -1.42. The second kappa shape index (κ2) is 5.07. The van der Waals surface area contributed by atoms with E-state index in [1.807, 2.05) is 13.1 Å². The average molecular weight is 242 g/mol. The van der Waals surface area contributed by atoms with Crippen molar-refractivity contribution in [1.29, 1.82) is 0 Å². The van der Waals surface area contributed by atoms with E-state index in [2.05, 4.69) is 23.9 Å². The molecule has 16 heavy (non-hydrogen) atoms. The van der Waals surface area contributed by atoms with Gasteiger partial charge in [0.15, 0.2) is 5.84 Å². The van der Waals surface area contributed by atoms with E-state index in [9.17, 15) is 0 Å². The lowest BCUT2D eigenvalue weighted by Crippen LogP contribution is -2.25. The smallest absolute Gasteiger partial charge is 0.171 e. The van der Waals surface area contributed by atoms with Gasteiger partial charge in [-0.2, -0.15) is 0 Å². The van der Waals surface area contributed by atoms with Gasteiger partial charge in [-0.25, -0.2) is 0 Å². The number of rotatable bonds is 3. The van der Waals surface area contributed by atoms with Gasteiger partial charge in [0.05, 0.1) is 5.02 Å². The quantitative estimate of drug-likeness (QED) is 0.369. The molecule has 0 unspecified atom stereocenters. The van der Waals surface area contributed by atoms with Gasteiger partial charge >= 0.3 is 0 Å². The highest BCUT2D eigenvalue weighted by atomic mass is 35.5. The minimum absolute atomic E-state index is 0.0174. The van der Waals surface area contributed by atoms with Crippen molar-refractivity contribution >= 4 is 23.1 Å². The van der Waals surface area contributed by atoms with Crippen molar-refractivity contribution in [1.82, 2.24) is 0 Å². The van der Waals surface area contributed by atoms with E-state index in [0.717, 1.165) is 5.69 Å². The molecular weight excluding hydrogens is 226 g/mol. The van der Waals surface area contributed by atoms with Gasteiger partial charge in [-0.1, -0.05) is 16.8 Å². The summed E-state index contributed by atoms with van der Waals surface area (Å²) >= 11 is 6.05. The summed E-state index contributed by atoms with van der Waals surface area (Å²) in [5.74, 6) is 0.0174. The van der Waals surface area contributed by atoms with Gasteiger partial charge < -0.3 is 15.8 Å². The molecule has 0 fully saturated rings. The zero-order valence-electron chi connectivity index (χ0n) is 9.61. The standard InChI is InChI=1S/C11H16ClN3O/c1-7(2)15(3)8-4-5-9(10(12)6-8)11(13)14-16/h4-7,16H,1-3H3,(H2,13,14). The first-order valence-electron chi connectivity index (χ1n) is 4.97. The monoisotopic (exact) mass is 241 g/mol. The minimum atomic E-state index is 0.0174. The fourth-order valence-electron chi connectivity index (χ4n) is 1.28. The van der Waals surface area contributed by atoms with E-state index in [1.165, 1.54) is 0 Å². The Bertz CT molecular complexity index is 404. The highest BCUT2D eigenvalue weighted by Crippen LogP contribution is 2.24. The summed E-state index contributed by atoms with van der Waals surface area (Å²) in [6, 6.07) is 5.81. The van der Waals surface area contributed by atoms with Crippen LogP contribution in [-0.2, 0) is 0 Å². The first kappa shape index (κ1) is 12.6. The van der Waals surface area contributed by atoms with Crippen LogP contribution < -0.4 is 10.6 Å². The number of oxime groups is 1. The molecule has 0 aromatic heterocycles. The first-order valence-corrected chi connectivity index (χ1v) is 5.35. The molecule has 88 valence electrons. The predicted molar refractivity (Wildman–Crippen MR) is 67.5 cm³/mol. The number of hydrogen-bond donors (Lipinski definition) is 2. The van der Waals surface area contributed by atoms with E-state index in [1.54, 1.807) is 12.1 Å². The number of halogens is 1. The Balaban J connectivity index is 3.09. The van der Waals surface area contributed by atoms with E-state index in [4.69, 9.17) is 22.5 Å². The number of amidine groups is 1. The number of anilines is 1. The Labute approximate surface area is 100 Å². The van der Waals surface area contributed by atoms with E-state index in [0.29, 0.717) is 16.6 Å². The molecule has 0 amide bonds. The molecule has 1 aromatic carbocycles. The second-order valence-corrected chi connectivity index (χ2v) is 4.26. The van der Waals surface area contributed by atoms with Crippen LogP contribution in [-0.4, -0.2) is 24.1 Å². The highest BCUT2D eigenvalue weighted by Gasteiger charge is 2.10. The van der Waals surface area contributed by atoms with Crippen molar-refractivity contribution in [2.24, 2.45) is 10.9 Å². The fraction of sp³-hybridized carbons (Fsp3) is 0.364. The van der Waals surface area contributed by atoms with Crippen molar-refractivity contribution in [3.05, 3.63) is 28.8 Å². The van der Waals surface area contributed by atoms with Gasteiger partial charge in [-0.05, 0) is 32.0 Å². The summed E-state index contributed by atoms with van der Waals surface area (Å²) in [4.78, 5) is 2.09. The summed E-state index contributed by atoms with van der Waals surface area (Å²) in [5.41, 5.74) is 7.01. The Morgan fingerprint density at radius 2 is 2.12 bits per heavy atom. The molecule has 0 aliphatic heterocycles. The largest absolute Gasteiger partial charge is 0.409 e. The van der Waals surface area contributed by atoms with E-state index in [-0.39, 0.29) is 5.84 Å². The van der Waals surface area contributed by atoms with Gasteiger partial charge in [0.25, 0.3) is 0 Å². The van der Waals surface area contributed by atoms with Crippen molar-refractivity contribution in [3.63, 3.8) is 0 Å². The van der Waals surface area contributed by atoms with Crippen LogP contribution in [0.25, 0.3) is 0 Å². The Kier molecular flexibility index (Phi) is 4.01. The third kappa shape index (κ3) is 2.58. The molecule has 4 nitrogen and oxygen atoms in total. The summed E-state index contributed by atoms with van der Waals surface area (Å²) in [6.45, 7) is 4.18. The van der Waals surface area contributed by atoms with Crippen LogP contribution in [0.2, 0.25) is 5.02 Å². The molecule has 0 radical (unpaired) electrons. The van der Waals surface area contributed by atoms with Gasteiger partial charge in [0, 0.05) is 24.3 Å². The third-order valence-electron chi connectivity index (χ3n) is 2.52. The molecule has 0 saturated carbocycles. The SMILES string of the molecule is CC(C)N(C)c1ccc(C(N)=NO)c(Cl)c1. The van der Waals surface area contributed by atoms with E-state index >= 15 is 0 Å². The fourth-order valence-corrected chi connectivity index (χ4v) is 1.55. The number of benzene rings is 1. The summed E-state index contributed by atoms with van der Waals surface area (Å²) in [6.07, 6.45) is 0. The van der Waals surface area contributed by atoms with Crippen LogP contribution in [0.4, 0.5) is 5.69 Å². The van der Waals surface area contributed by atoms with Gasteiger partial charge in [-0.15, -0.1) is 0 Å². The van der Waals surface area contributed by atoms with Crippen LogP contribution in [0, 0.1) is 0 Å². The molecule has 0 bridgehead atoms. The Morgan fingerprint density at radius 1 is 1.50 bits per heavy atom. The maximum Gasteiger partial charge on any atom is 0.171 e. The lowest BCUT2D eigenvalue weighted by molar-refractivity contribution is 0.318. The second-order valence-electron chi connectivity index (χ2n) is 3.85. The van der Waals surface area contributed by atoms with Crippen LogP contribution in [0.1, 0.15) is 19.4 Å². The van der Waals surface area contributed by atoms with Crippen LogP contribution in [0.15, 0.2) is 23.4 Å². The number of hydrogen-bond acceptors (Lipinski definition) is 3. The van der Waals surface area contributed by atoms with Crippen LogP contribution in [0.3, 0.4) is 0 Å². The molecule has 1 rings (SSSR count). The first-order chi connectivity index (χ1) is 7.47. The average Bonchev–Trinajstić information content (AvgIpc) is 2.26. The molecule has 0 heterocycles. The van der Waals surface area contributed by atoms with Crippen molar-refractivity contribution in [2.75, 3.05) is 11.9 Å². The maximum absolute atomic E-state index is 8.57. The van der Waals surface area contributed by atoms with Crippen molar-refractivity contribution in [3.8, 4) is 0 Å². The molecule has 5 heteroatoms. The van der Waals surface area contributed by atoms with Crippen molar-refractivity contribution < 1.29 is 5.21 Å². The maximum atomic E-state index is 8.57. The molecule has 3 N–H and O–H groups in total. The molecular formula is C11H16ClN3O. The van der Waals surface area contributed by atoms with E-state index < -0.39 is 0 Å². The molecule has 0 saturated heterocycles. The predicted octanol–water partition coefficient (Wildman–Crippen LogP) is 2.28. The highest BCUT2D eigenvalue weighted by molar-refractivity contribution is 6.34. The molecule has 0 atom stereocenters. The molecule has 0 aliphatic carbocycles. The van der Waals surface area contributed by atoms with Gasteiger partial charge in [-0.3, -0.25) is 0 Å². The van der Waals surface area contributed by atoms with Gasteiger partial charge in [0.2, 0.25) is 0 Å². The summed E-state index contributed by atoms with van der Waals surface area (Å²) in [5, 5.41) is 12.0. The number of nitrogens with two attached hydrogens (primary N) is 1. The minimum Gasteiger partial charge on any atom is -0.409 e. The molecule has 0 aliphatic rings.